The van der Waals surface area contributed by atoms with E-state index in [1.165, 1.54) is 0 Å². The molecule has 0 fully saturated rings. The maximum atomic E-state index is 9.88. The molecule has 5 rings (SSSR count). The van der Waals surface area contributed by atoms with Crippen LogP contribution in [0.4, 0.5) is 0 Å². The second kappa shape index (κ2) is 7.00. The highest BCUT2D eigenvalue weighted by atomic mass is 79.9. The minimum atomic E-state index is -0.515. The van der Waals surface area contributed by atoms with Crippen LogP contribution in [-0.2, 0) is 0 Å². The van der Waals surface area contributed by atoms with Crippen molar-refractivity contribution in [3.05, 3.63) is 63.5 Å². The molecule has 3 N–H and O–H groups in total. The van der Waals surface area contributed by atoms with Gasteiger partial charge in [0.05, 0.1) is 24.3 Å². The number of nitrogens with two attached hydrogens (primary N) is 1. The number of halogens is 1. The van der Waals surface area contributed by atoms with Gasteiger partial charge in [-0.25, -0.2) is 0 Å². The number of H-pyrrole nitrogens is 1. The van der Waals surface area contributed by atoms with Crippen LogP contribution in [0.2, 0.25) is 0 Å². The molecule has 0 unspecified atom stereocenters. The Balaban J connectivity index is 1.72. The predicted molar refractivity (Wildman–Crippen MR) is 110 cm³/mol. The Morgan fingerprint density at radius 1 is 1.23 bits per heavy atom. The molecule has 0 aliphatic carbocycles. The van der Waals surface area contributed by atoms with Crippen LogP contribution in [0.1, 0.15) is 17.0 Å². The van der Waals surface area contributed by atoms with Crippen LogP contribution in [0.5, 0.6) is 23.1 Å². The van der Waals surface area contributed by atoms with Gasteiger partial charge in [0.15, 0.2) is 11.5 Å². The third-order valence-electron chi connectivity index (χ3n) is 5.12. The number of nitriles is 1. The molecule has 0 radical (unpaired) electrons. The number of aromatic amines is 1. The first-order chi connectivity index (χ1) is 14.6. The van der Waals surface area contributed by atoms with Crippen molar-refractivity contribution in [2.24, 2.45) is 5.73 Å². The van der Waals surface area contributed by atoms with Crippen molar-refractivity contribution in [1.82, 2.24) is 10.2 Å². The van der Waals surface area contributed by atoms with Crippen molar-refractivity contribution in [3.8, 4) is 40.5 Å². The molecule has 8 nitrogen and oxygen atoms in total. The number of benzene rings is 2. The average Bonchev–Trinajstić information content (AvgIpc) is 3.38. The molecule has 0 saturated heterocycles. The van der Waals surface area contributed by atoms with E-state index in [4.69, 9.17) is 24.7 Å². The van der Waals surface area contributed by atoms with Gasteiger partial charge in [-0.3, -0.25) is 5.10 Å². The smallest absolute Gasteiger partial charge is 0.244 e. The lowest BCUT2D eigenvalue weighted by Crippen LogP contribution is -2.21. The van der Waals surface area contributed by atoms with Gasteiger partial charge in [-0.15, -0.1) is 5.10 Å². The lowest BCUT2D eigenvalue weighted by atomic mass is 9.83. The van der Waals surface area contributed by atoms with Crippen LogP contribution in [-0.4, -0.2) is 24.1 Å². The fourth-order valence-corrected chi connectivity index (χ4v) is 4.24. The molecular weight excluding hydrogens is 452 g/mol. The van der Waals surface area contributed by atoms with Crippen molar-refractivity contribution in [1.29, 1.82) is 5.26 Å². The molecule has 2 aromatic carbocycles. The Labute approximate surface area is 179 Å². The number of fused-ring (bicyclic) bond motifs is 2. The number of rotatable bonds is 3. The van der Waals surface area contributed by atoms with Gasteiger partial charge in [-0.2, -0.15) is 5.26 Å². The topological polar surface area (TPSA) is 115 Å². The molecule has 0 amide bonds. The Hall–Kier alpha value is -3.64. The SMILES string of the molecule is COc1ccc(-c2[nH]nc3c2[C@@H](c2cc4c(cc2Br)OCO4)C(C#N)=C(N)O3)cc1. The van der Waals surface area contributed by atoms with E-state index in [9.17, 15) is 5.26 Å². The van der Waals surface area contributed by atoms with Crippen molar-refractivity contribution in [2.75, 3.05) is 13.9 Å². The number of ether oxygens (including phenoxy) is 4. The molecule has 0 bridgehead atoms. The maximum Gasteiger partial charge on any atom is 0.244 e. The number of aromatic nitrogens is 2. The summed E-state index contributed by atoms with van der Waals surface area (Å²) in [6, 6.07) is 13.4. The van der Waals surface area contributed by atoms with Crippen molar-refractivity contribution in [3.63, 3.8) is 0 Å². The molecule has 3 aromatic rings. The highest BCUT2D eigenvalue weighted by molar-refractivity contribution is 9.10. The molecule has 1 atom stereocenters. The Morgan fingerprint density at radius 2 is 1.97 bits per heavy atom. The fraction of sp³-hybridized carbons (Fsp3) is 0.143. The van der Waals surface area contributed by atoms with Crippen molar-refractivity contribution in [2.45, 2.75) is 5.92 Å². The largest absolute Gasteiger partial charge is 0.497 e. The minimum Gasteiger partial charge on any atom is -0.497 e. The number of hydrogen-bond donors (Lipinski definition) is 2. The Morgan fingerprint density at radius 3 is 2.67 bits per heavy atom. The normalized spacial score (nSPS) is 16.6. The van der Waals surface area contributed by atoms with Crippen LogP contribution >= 0.6 is 15.9 Å². The van der Waals surface area contributed by atoms with E-state index in [1.807, 2.05) is 36.4 Å². The Kier molecular flexibility index (Phi) is 4.29. The summed E-state index contributed by atoms with van der Waals surface area (Å²) in [5, 5.41) is 17.2. The summed E-state index contributed by atoms with van der Waals surface area (Å²) in [5.41, 5.74) is 9.46. The zero-order valence-corrected chi connectivity index (χ0v) is 17.3. The van der Waals surface area contributed by atoms with Gasteiger partial charge in [0.25, 0.3) is 0 Å². The molecule has 9 heteroatoms. The van der Waals surface area contributed by atoms with E-state index in [1.54, 1.807) is 7.11 Å². The summed E-state index contributed by atoms with van der Waals surface area (Å²) < 4.78 is 22.7. The van der Waals surface area contributed by atoms with E-state index in [-0.39, 0.29) is 12.7 Å². The monoisotopic (exact) mass is 466 g/mol. The second-order valence-electron chi connectivity index (χ2n) is 6.70. The average molecular weight is 467 g/mol. The maximum absolute atomic E-state index is 9.88. The second-order valence-corrected chi connectivity index (χ2v) is 7.55. The lowest BCUT2D eigenvalue weighted by molar-refractivity contribution is 0.174. The van der Waals surface area contributed by atoms with Crippen LogP contribution in [0.15, 0.2) is 52.3 Å². The van der Waals surface area contributed by atoms with Crippen LogP contribution in [0, 0.1) is 11.3 Å². The first-order valence-electron chi connectivity index (χ1n) is 9.00. The third kappa shape index (κ3) is 2.76. The summed E-state index contributed by atoms with van der Waals surface area (Å²) in [4.78, 5) is 0. The molecular formula is C21H15BrN4O4. The van der Waals surface area contributed by atoms with Crippen LogP contribution < -0.4 is 24.7 Å². The molecule has 0 spiro atoms. The van der Waals surface area contributed by atoms with Gasteiger partial charge >= 0.3 is 0 Å². The van der Waals surface area contributed by atoms with E-state index in [0.29, 0.717) is 28.5 Å². The summed E-state index contributed by atoms with van der Waals surface area (Å²) in [5.74, 6) is 1.81. The van der Waals surface area contributed by atoms with Crippen molar-refractivity contribution < 1.29 is 18.9 Å². The number of methoxy groups -OCH3 is 1. The molecule has 0 saturated carbocycles. The van der Waals surface area contributed by atoms with Crippen LogP contribution in [0.25, 0.3) is 11.3 Å². The van der Waals surface area contributed by atoms with Crippen LogP contribution in [0.3, 0.4) is 0 Å². The Bertz CT molecular complexity index is 1230. The number of allylic oxidation sites excluding steroid dienone is 1. The first kappa shape index (κ1) is 18.4. The predicted octanol–water partition coefficient (Wildman–Crippen LogP) is 3.79. The quantitative estimate of drug-likeness (QED) is 0.602. The van der Waals surface area contributed by atoms with Gasteiger partial charge in [-0.05, 0) is 42.0 Å². The van der Waals surface area contributed by atoms with Gasteiger partial charge in [0.1, 0.15) is 17.4 Å². The lowest BCUT2D eigenvalue weighted by Gasteiger charge is -2.25. The molecule has 30 heavy (non-hydrogen) atoms. The summed E-state index contributed by atoms with van der Waals surface area (Å²) in [6.07, 6.45) is 0. The summed E-state index contributed by atoms with van der Waals surface area (Å²) >= 11 is 3.61. The van der Waals surface area contributed by atoms with E-state index >= 15 is 0 Å². The number of nitrogens with one attached hydrogen (secondary N) is 1. The standard InChI is InChI=1S/C21H15BrN4O4/c1-27-11-4-2-10(3-5-11)19-18-17(13(8-23)20(24)30-21(18)26-25-19)12-6-15-16(7-14(12)22)29-9-28-15/h2-7,17H,9,24H2,1H3,(H,25,26)/t17-/m0/s1. The zero-order valence-electron chi connectivity index (χ0n) is 15.7. The molecule has 2 aliphatic rings. The van der Waals surface area contributed by atoms with E-state index in [0.717, 1.165) is 27.0 Å². The highest BCUT2D eigenvalue weighted by Crippen LogP contribution is 2.49. The number of hydrogen-bond acceptors (Lipinski definition) is 7. The third-order valence-corrected chi connectivity index (χ3v) is 5.81. The molecule has 3 heterocycles. The molecule has 150 valence electrons. The zero-order chi connectivity index (χ0) is 20.8. The molecule has 2 aliphatic heterocycles. The first-order valence-corrected chi connectivity index (χ1v) is 9.79. The fourth-order valence-electron chi connectivity index (χ4n) is 3.69. The van der Waals surface area contributed by atoms with E-state index < -0.39 is 5.92 Å². The van der Waals surface area contributed by atoms with Gasteiger partial charge in [0, 0.05) is 10.0 Å². The number of nitrogens with zero attached hydrogens (tertiary/aromatic N) is 2. The van der Waals surface area contributed by atoms with Crippen molar-refractivity contribution >= 4 is 15.9 Å². The summed E-state index contributed by atoms with van der Waals surface area (Å²) in [6.45, 7) is 0.149. The van der Waals surface area contributed by atoms with E-state index in [2.05, 4.69) is 32.2 Å². The highest BCUT2D eigenvalue weighted by Gasteiger charge is 2.37. The van der Waals surface area contributed by atoms with Gasteiger partial charge in [-0.1, -0.05) is 15.9 Å². The van der Waals surface area contributed by atoms with Gasteiger partial charge in [0.2, 0.25) is 18.6 Å². The summed E-state index contributed by atoms with van der Waals surface area (Å²) in [7, 11) is 1.61. The molecule has 1 aromatic heterocycles. The van der Waals surface area contributed by atoms with Gasteiger partial charge < -0.3 is 24.7 Å². The minimum absolute atomic E-state index is 0.0207.